The first-order chi connectivity index (χ1) is 29.4. The van der Waals surface area contributed by atoms with Crippen LogP contribution in [-0.2, 0) is 22.0 Å². The number of thiazole rings is 2. The second-order valence-corrected chi connectivity index (χ2v) is 19.6. The number of anilines is 1. The molecule has 9 rings (SSSR count). The average Bonchev–Trinajstić information content (AvgIpc) is 4.02. The maximum atomic E-state index is 14.6. The standard InChI is InChI=1S/C22H23BrFN5O2S.C21H19FN6S/c1-21(2,3)31-20(30)29(13-22(9-5-10-22)18-14(24)6-4-11-25-18)17-8-7-15(27-28-17)19-26-12-16(23)32-19;22-15-3-1-11-23-19(15)21(8-2-9-21)10-6-14-4-5-17(28-26-14)20-24-13-18(29-20)16-7-12-25-27-16/h4,6-8,11-12H,5,9-10,13H2,1-3H3;1,3-5,7,11-13H,2,6,8-10H2,(H,25,27). The topological polar surface area (TPSA) is 161 Å². The Bertz CT molecular complexity index is 2570. The average molecular weight is 927 g/mol. The highest BCUT2D eigenvalue weighted by Crippen LogP contribution is 2.47. The Hall–Kier alpha value is -5.46. The minimum atomic E-state index is -0.696. The first-order valence-electron chi connectivity index (χ1n) is 19.9. The fraction of sp³-hybridized carbons (Fsp3) is 0.349. The minimum Gasteiger partial charge on any atom is -0.443 e. The Kier molecular flexibility index (Phi) is 12.4. The highest BCUT2D eigenvalue weighted by molar-refractivity contribution is 9.11. The van der Waals surface area contributed by atoms with Crippen molar-refractivity contribution in [3.05, 3.63) is 118 Å². The molecule has 2 aliphatic carbocycles. The van der Waals surface area contributed by atoms with E-state index < -0.39 is 17.1 Å². The number of aromatic amines is 1. The van der Waals surface area contributed by atoms with Gasteiger partial charge in [0.2, 0.25) is 0 Å². The number of carbonyl (C=O) groups is 1. The van der Waals surface area contributed by atoms with Crippen LogP contribution in [0, 0.1) is 11.6 Å². The summed E-state index contributed by atoms with van der Waals surface area (Å²) in [5.74, 6) is -0.237. The molecule has 0 atom stereocenters. The number of nitrogens with zero attached hydrogens (tertiary/aromatic N) is 10. The van der Waals surface area contributed by atoms with Crippen LogP contribution < -0.4 is 4.90 Å². The molecule has 314 valence electrons. The molecule has 0 aromatic carbocycles. The van der Waals surface area contributed by atoms with E-state index >= 15 is 0 Å². The van der Waals surface area contributed by atoms with E-state index in [4.69, 9.17) is 4.74 Å². The van der Waals surface area contributed by atoms with Gasteiger partial charge >= 0.3 is 6.09 Å². The zero-order chi connectivity index (χ0) is 42.6. The lowest BCUT2D eigenvalue weighted by Crippen LogP contribution is -2.50. The number of hydrogen-bond donors (Lipinski definition) is 1. The van der Waals surface area contributed by atoms with Crippen LogP contribution in [0.4, 0.5) is 19.4 Å². The Morgan fingerprint density at radius 2 is 1.43 bits per heavy atom. The van der Waals surface area contributed by atoms with Crippen molar-refractivity contribution >= 4 is 50.5 Å². The number of aryl methyl sites for hydroxylation is 1. The van der Waals surface area contributed by atoms with Crippen LogP contribution in [0.25, 0.3) is 32.0 Å². The van der Waals surface area contributed by atoms with Crippen LogP contribution in [0.3, 0.4) is 0 Å². The summed E-state index contributed by atoms with van der Waals surface area (Å²) in [6.07, 6.45) is 14.9. The number of hydrogen-bond acceptors (Lipinski definition) is 13. The lowest BCUT2D eigenvalue weighted by atomic mass is 9.63. The lowest BCUT2D eigenvalue weighted by Gasteiger charge is -2.44. The van der Waals surface area contributed by atoms with E-state index in [-0.39, 0.29) is 23.6 Å². The van der Waals surface area contributed by atoms with Gasteiger partial charge < -0.3 is 4.74 Å². The zero-order valence-electron chi connectivity index (χ0n) is 33.7. The van der Waals surface area contributed by atoms with Crippen molar-refractivity contribution in [1.29, 1.82) is 0 Å². The molecule has 2 saturated carbocycles. The molecular weight excluding hydrogens is 885 g/mol. The highest BCUT2D eigenvalue weighted by atomic mass is 79.9. The van der Waals surface area contributed by atoms with E-state index in [0.29, 0.717) is 27.9 Å². The summed E-state index contributed by atoms with van der Waals surface area (Å²) in [4.78, 5) is 33.0. The highest BCUT2D eigenvalue weighted by Gasteiger charge is 2.45. The Balaban J connectivity index is 0.000000169. The van der Waals surface area contributed by atoms with Gasteiger partial charge in [-0.2, -0.15) is 10.2 Å². The molecular formula is C43H42BrF2N11O2S2. The van der Waals surface area contributed by atoms with Crippen LogP contribution >= 0.6 is 38.6 Å². The molecule has 18 heteroatoms. The van der Waals surface area contributed by atoms with Gasteiger partial charge in [-0.05, 0) is 130 Å². The largest absolute Gasteiger partial charge is 0.443 e. The van der Waals surface area contributed by atoms with Gasteiger partial charge in [0, 0.05) is 42.2 Å². The second kappa shape index (κ2) is 17.9. The molecule has 0 bridgehead atoms. The number of nitrogens with one attached hydrogen (secondary N) is 1. The SMILES string of the molecule is CC(C)(C)OC(=O)N(CC1(c2ncccc2F)CCC1)c1ccc(-c2ncc(Br)s2)nn1.Fc1cccnc1C1(CCc2ccc(-c3ncc(-c4ccn[nH]4)s3)nn2)CCC1. The molecule has 1 N–H and O–H groups in total. The van der Waals surface area contributed by atoms with E-state index in [0.717, 1.165) is 82.1 Å². The summed E-state index contributed by atoms with van der Waals surface area (Å²) in [7, 11) is 0. The quantitative estimate of drug-likeness (QED) is 0.131. The van der Waals surface area contributed by atoms with Crippen molar-refractivity contribution in [2.45, 2.75) is 88.6 Å². The molecule has 0 saturated heterocycles. The number of carbonyl (C=O) groups excluding carboxylic acids is 1. The van der Waals surface area contributed by atoms with Gasteiger partial charge in [0.05, 0.1) is 37.6 Å². The molecule has 0 aliphatic heterocycles. The molecule has 0 radical (unpaired) electrons. The number of ether oxygens (including phenoxy) is 1. The van der Waals surface area contributed by atoms with Crippen molar-refractivity contribution in [3.63, 3.8) is 0 Å². The third kappa shape index (κ3) is 9.55. The van der Waals surface area contributed by atoms with Crippen LogP contribution in [0.1, 0.15) is 82.8 Å². The number of H-pyrrole nitrogens is 1. The maximum Gasteiger partial charge on any atom is 0.416 e. The van der Waals surface area contributed by atoms with Gasteiger partial charge in [0.25, 0.3) is 0 Å². The van der Waals surface area contributed by atoms with E-state index in [1.165, 1.54) is 28.4 Å². The monoisotopic (exact) mass is 925 g/mol. The van der Waals surface area contributed by atoms with E-state index in [1.807, 2.05) is 24.4 Å². The Morgan fingerprint density at radius 1 is 0.787 bits per heavy atom. The molecule has 2 fully saturated rings. The van der Waals surface area contributed by atoms with Gasteiger partial charge in [-0.15, -0.1) is 38.0 Å². The normalized spacial score (nSPS) is 15.2. The van der Waals surface area contributed by atoms with Crippen LogP contribution in [0.5, 0.6) is 0 Å². The minimum absolute atomic E-state index is 0.167. The first kappa shape index (κ1) is 42.2. The third-order valence-corrected chi connectivity index (χ3v) is 13.5. The Labute approximate surface area is 367 Å². The number of amides is 1. The summed E-state index contributed by atoms with van der Waals surface area (Å²) in [6, 6.07) is 15.4. The molecule has 7 aromatic rings. The molecule has 0 spiro atoms. The van der Waals surface area contributed by atoms with Gasteiger partial charge in [0.15, 0.2) is 5.82 Å². The summed E-state index contributed by atoms with van der Waals surface area (Å²) in [5.41, 5.74) is 2.71. The number of pyridine rings is 2. The lowest BCUT2D eigenvalue weighted by molar-refractivity contribution is 0.0557. The summed E-state index contributed by atoms with van der Waals surface area (Å²) >= 11 is 6.37. The summed E-state index contributed by atoms with van der Waals surface area (Å²) < 4.78 is 35.4. The number of rotatable bonds is 11. The number of halogens is 3. The Morgan fingerprint density at radius 3 is 1.95 bits per heavy atom. The van der Waals surface area contributed by atoms with E-state index in [2.05, 4.69) is 66.5 Å². The van der Waals surface area contributed by atoms with Crippen LogP contribution in [0.2, 0.25) is 0 Å². The molecule has 7 aromatic heterocycles. The molecule has 13 nitrogen and oxygen atoms in total. The van der Waals surface area contributed by atoms with Crippen molar-refractivity contribution in [3.8, 4) is 32.0 Å². The first-order valence-corrected chi connectivity index (χ1v) is 22.3. The molecule has 1 amide bonds. The second-order valence-electron chi connectivity index (χ2n) is 16.2. The van der Waals surface area contributed by atoms with Crippen molar-refractivity contribution in [2.24, 2.45) is 0 Å². The third-order valence-electron chi connectivity index (χ3n) is 10.9. The van der Waals surface area contributed by atoms with Crippen LogP contribution in [0.15, 0.2) is 89.4 Å². The zero-order valence-corrected chi connectivity index (χ0v) is 36.9. The predicted molar refractivity (Wildman–Crippen MR) is 233 cm³/mol. The predicted octanol–water partition coefficient (Wildman–Crippen LogP) is 10.3. The van der Waals surface area contributed by atoms with Gasteiger partial charge in [-0.25, -0.2) is 23.5 Å². The summed E-state index contributed by atoms with van der Waals surface area (Å²) in [5, 5.41) is 25.7. The van der Waals surface area contributed by atoms with Gasteiger partial charge in [-0.3, -0.25) is 20.0 Å². The van der Waals surface area contributed by atoms with Gasteiger partial charge in [-0.1, -0.05) is 12.8 Å². The summed E-state index contributed by atoms with van der Waals surface area (Å²) in [6.45, 7) is 5.60. The van der Waals surface area contributed by atoms with Crippen molar-refractivity contribution in [1.82, 2.24) is 50.5 Å². The molecule has 61 heavy (non-hydrogen) atoms. The molecule has 7 heterocycles. The maximum absolute atomic E-state index is 14.6. The fourth-order valence-corrected chi connectivity index (χ4v) is 9.56. The molecule has 2 aliphatic rings. The number of aromatic nitrogens is 10. The molecule has 0 unspecified atom stereocenters. The van der Waals surface area contributed by atoms with E-state index in [1.54, 1.807) is 81.2 Å². The fourth-order valence-electron chi connectivity index (χ4n) is 7.53. The van der Waals surface area contributed by atoms with Crippen molar-refractivity contribution in [2.75, 3.05) is 11.4 Å². The van der Waals surface area contributed by atoms with Crippen LogP contribution in [-0.4, -0.2) is 68.8 Å². The van der Waals surface area contributed by atoms with Gasteiger partial charge in [0.1, 0.15) is 38.6 Å². The van der Waals surface area contributed by atoms with E-state index in [9.17, 15) is 13.6 Å². The smallest absolute Gasteiger partial charge is 0.416 e. The van der Waals surface area contributed by atoms with Crippen molar-refractivity contribution < 1.29 is 18.3 Å².